The molecular formula is C47H53ClN4O7. The Morgan fingerprint density at radius 2 is 1.49 bits per heavy atom. The average molecular weight is 821 g/mol. The van der Waals surface area contributed by atoms with Gasteiger partial charge in [0.2, 0.25) is 11.8 Å². The molecule has 3 amide bonds. The van der Waals surface area contributed by atoms with Gasteiger partial charge < -0.3 is 30.2 Å². The van der Waals surface area contributed by atoms with Crippen molar-refractivity contribution in [1.29, 1.82) is 0 Å². The summed E-state index contributed by atoms with van der Waals surface area (Å²) in [5, 5.41) is 19.8. The Kier molecular flexibility index (Phi) is 10.5. The standard InChI is InChI=1S/C47H53ClN4O7/c1-27(2)38(50-44(56)58-23-36-32-15-9-7-13-30(32)31-14-8-10-16-33(31)36)22-52(57)28(3)41(53)49-37-19-39-40(35-18-12-11-17-34(35)37)29(20-48)21-51(39)42(54)46-24-47(25-46,26-46)43(55)59-45(4,5)6/h7-19,27-29,36,38,57H,20-26H2,1-6H3,(H,49,53)(H,50,56)/t28-,29+,38+,46?,47?/m0/s1. The number of hydrogen-bond donors (Lipinski definition) is 3. The van der Waals surface area contributed by atoms with E-state index in [9.17, 15) is 24.4 Å². The predicted octanol–water partition coefficient (Wildman–Crippen LogP) is 8.60. The summed E-state index contributed by atoms with van der Waals surface area (Å²) in [4.78, 5) is 56.2. The number of anilines is 2. The molecule has 11 nitrogen and oxygen atoms in total. The molecule has 4 aliphatic carbocycles. The predicted molar refractivity (Wildman–Crippen MR) is 228 cm³/mol. The Balaban J connectivity index is 0.940. The van der Waals surface area contributed by atoms with Crippen LogP contribution in [0.2, 0.25) is 0 Å². The van der Waals surface area contributed by atoms with Crippen LogP contribution in [-0.4, -0.2) is 77.4 Å². The van der Waals surface area contributed by atoms with Crippen LogP contribution in [0, 0.1) is 16.7 Å². The highest BCUT2D eigenvalue weighted by atomic mass is 35.5. The second-order valence-corrected chi connectivity index (χ2v) is 18.7. The molecule has 0 radical (unpaired) electrons. The third-order valence-corrected chi connectivity index (χ3v) is 13.2. The highest BCUT2D eigenvalue weighted by Gasteiger charge is 2.76. The van der Waals surface area contributed by atoms with Crippen molar-refractivity contribution in [2.75, 3.05) is 35.8 Å². The van der Waals surface area contributed by atoms with E-state index >= 15 is 0 Å². The molecule has 3 N–H and O–H groups in total. The number of alkyl carbamates (subject to hydrolysis) is 1. The van der Waals surface area contributed by atoms with Crippen molar-refractivity contribution in [3.05, 3.63) is 95.6 Å². The van der Waals surface area contributed by atoms with Crippen LogP contribution >= 0.6 is 11.6 Å². The fourth-order valence-corrected chi connectivity index (χ4v) is 9.97. The highest BCUT2D eigenvalue weighted by Crippen LogP contribution is 2.74. The van der Waals surface area contributed by atoms with Gasteiger partial charge in [0.15, 0.2) is 0 Å². The second-order valence-electron chi connectivity index (χ2n) is 18.4. The van der Waals surface area contributed by atoms with Gasteiger partial charge in [0.1, 0.15) is 18.2 Å². The number of ether oxygens (including phenoxy) is 2. The number of halogens is 1. The normalized spacial score (nSPS) is 22.5. The molecule has 0 aromatic heterocycles. The number of fused-ring (bicyclic) bond motifs is 6. The first-order valence-electron chi connectivity index (χ1n) is 20.6. The van der Waals surface area contributed by atoms with Crippen LogP contribution in [0.1, 0.15) is 89.3 Å². The van der Waals surface area contributed by atoms with Gasteiger partial charge in [-0.15, -0.1) is 11.6 Å². The molecule has 0 spiro atoms. The van der Waals surface area contributed by atoms with E-state index < -0.39 is 40.5 Å². The number of nitrogens with zero attached hydrogens (tertiary/aromatic N) is 2. The van der Waals surface area contributed by atoms with Gasteiger partial charge in [-0.3, -0.25) is 14.4 Å². The van der Waals surface area contributed by atoms with E-state index in [1.807, 2.05) is 89.2 Å². The minimum Gasteiger partial charge on any atom is -0.460 e. The van der Waals surface area contributed by atoms with Crippen LogP contribution in [0.4, 0.5) is 16.2 Å². The van der Waals surface area contributed by atoms with Crippen LogP contribution in [0.15, 0.2) is 78.9 Å². The van der Waals surface area contributed by atoms with E-state index in [1.54, 1.807) is 11.8 Å². The van der Waals surface area contributed by atoms with Crippen LogP contribution in [0.3, 0.4) is 0 Å². The largest absolute Gasteiger partial charge is 0.460 e. The number of hydrogen-bond acceptors (Lipinski definition) is 8. The molecule has 0 saturated heterocycles. The first-order valence-corrected chi connectivity index (χ1v) is 21.1. The minimum atomic E-state index is -1.01. The molecule has 310 valence electrons. The van der Waals surface area contributed by atoms with E-state index in [0.29, 0.717) is 43.1 Å². The number of benzene rings is 4. The van der Waals surface area contributed by atoms with Crippen molar-refractivity contribution in [2.24, 2.45) is 16.7 Å². The van der Waals surface area contributed by atoms with Crippen LogP contribution in [0.25, 0.3) is 21.9 Å². The Bertz CT molecular complexity index is 2270. The van der Waals surface area contributed by atoms with Gasteiger partial charge >= 0.3 is 12.1 Å². The van der Waals surface area contributed by atoms with Crippen molar-refractivity contribution >= 4 is 57.6 Å². The lowest BCUT2D eigenvalue weighted by molar-refractivity contribution is -0.230. The monoisotopic (exact) mass is 820 g/mol. The number of alkyl halides is 1. The summed E-state index contributed by atoms with van der Waals surface area (Å²) in [6, 6.07) is 24.3. The highest BCUT2D eigenvalue weighted by molar-refractivity contribution is 6.19. The topological polar surface area (TPSA) is 138 Å². The van der Waals surface area contributed by atoms with Crippen molar-refractivity contribution in [3.8, 4) is 11.1 Å². The van der Waals surface area contributed by atoms with E-state index in [-0.39, 0.29) is 42.8 Å². The van der Waals surface area contributed by atoms with Crippen molar-refractivity contribution in [1.82, 2.24) is 10.4 Å². The number of esters is 1. The Hall–Kier alpha value is -4.97. The fourth-order valence-electron chi connectivity index (χ4n) is 9.72. The summed E-state index contributed by atoms with van der Waals surface area (Å²) in [6.07, 6.45) is 0.771. The molecule has 12 heteroatoms. The summed E-state index contributed by atoms with van der Waals surface area (Å²) < 4.78 is 11.5. The number of amides is 3. The smallest absolute Gasteiger partial charge is 0.407 e. The lowest BCUT2D eigenvalue weighted by Gasteiger charge is -2.67. The van der Waals surface area contributed by atoms with Gasteiger partial charge in [-0.25, -0.2) is 4.79 Å². The molecular weight excluding hydrogens is 768 g/mol. The number of carbonyl (C=O) groups excluding carboxylic acids is 4. The zero-order valence-corrected chi connectivity index (χ0v) is 35.3. The maximum atomic E-state index is 14.3. The molecule has 3 atom stereocenters. The molecule has 1 aliphatic heterocycles. The van der Waals surface area contributed by atoms with Gasteiger partial charge in [-0.1, -0.05) is 86.6 Å². The van der Waals surface area contributed by atoms with E-state index in [1.165, 1.54) is 0 Å². The zero-order chi connectivity index (χ0) is 42.0. The third-order valence-electron chi connectivity index (χ3n) is 12.8. The molecule has 0 unspecified atom stereocenters. The molecule has 9 rings (SSSR count). The van der Waals surface area contributed by atoms with Crippen molar-refractivity contribution in [2.45, 2.75) is 90.3 Å². The Labute approximate surface area is 350 Å². The molecule has 4 aromatic rings. The quantitative estimate of drug-likeness (QED) is 0.0735. The summed E-state index contributed by atoms with van der Waals surface area (Å²) in [5.74, 6) is -0.757. The van der Waals surface area contributed by atoms with Gasteiger partial charge in [-0.05, 0) is 92.1 Å². The van der Waals surface area contributed by atoms with Gasteiger partial charge in [-0.2, -0.15) is 5.06 Å². The first kappa shape index (κ1) is 40.8. The minimum absolute atomic E-state index is 0.0338. The number of hydroxylamine groups is 2. The van der Waals surface area contributed by atoms with Crippen LogP contribution < -0.4 is 15.5 Å². The van der Waals surface area contributed by atoms with Gasteiger partial charge in [0.25, 0.3) is 0 Å². The Morgan fingerprint density at radius 1 is 0.898 bits per heavy atom. The fraction of sp³-hybridized carbons (Fsp3) is 0.447. The van der Waals surface area contributed by atoms with Crippen molar-refractivity contribution < 1.29 is 33.9 Å². The maximum absolute atomic E-state index is 14.3. The van der Waals surface area contributed by atoms with Gasteiger partial charge in [0.05, 0.1) is 16.5 Å². The Morgan fingerprint density at radius 3 is 2.08 bits per heavy atom. The van der Waals surface area contributed by atoms with E-state index in [4.69, 9.17) is 21.1 Å². The van der Waals surface area contributed by atoms with Crippen molar-refractivity contribution in [3.63, 3.8) is 0 Å². The third kappa shape index (κ3) is 7.25. The molecule has 4 aromatic carbocycles. The SMILES string of the molecule is CC(C)[C@@H](CN(O)[C@@H](C)C(=O)Nc1cc2c(c3ccccc13)[C@H](CCl)CN2C(=O)C12CC(C(=O)OC(C)(C)C)(C1)C2)NC(=O)OCC1c2ccccc2-c2ccccc21. The second kappa shape index (κ2) is 15.2. The van der Waals surface area contributed by atoms with Gasteiger partial charge in [0, 0.05) is 47.9 Å². The average Bonchev–Trinajstić information content (AvgIpc) is 3.70. The number of carbonyl (C=O) groups is 4. The summed E-state index contributed by atoms with van der Waals surface area (Å²) in [5.41, 5.74) is 4.80. The summed E-state index contributed by atoms with van der Waals surface area (Å²) in [7, 11) is 0. The molecule has 3 saturated carbocycles. The van der Waals surface area contributed by atoms with E-state index in [0.717, 1.165) is 43.7 Å². The summed E-state index contributed by atoms with van der Waals surface area (Å²) in [6.45, 7) is 11.5. The lowest BCUT2D eigenvalue weighted by Crippen LogP contribution is -2.71. The summed E-state index contributed by atoms with van der Waals surface area (Å²) >= 11 is 6.55. The number of nitrogens with one attached hydrogen (secondary N) is 2. The number of rotatable bonds is 12. The molecule has 5 aliphatic rings. The lowest BCUT2D eigenvalue weighted by atomic mass is 9.34. The molecule has 3 fully saturated rings. The molecule has 2 bridgehead atoms. The molecule has 1 heterocycles. The van der Waals surface area contributed by atoms with E-state index in [2.05, 4.69) is 34.9 Å². The van der Waals surface area contributed by atoms with Crippen LogP contribution in [-0.2, 0) is 23.9 Å². The molecule has 59 heavy (non-hydrogen) atoms. The van der Waals surface area contributed by atoms with Crippen LogP contribution in [0.5, 0.6) is 0 Å². The first-order chi connectivity index (χ1) is 28.0. The zero-order valence-electron chi connectivity index (χ0n) is 34.5. The maximum Gasteiger partial charge on any atom is 0.407 e.